The number of nitrogens with zero attached hydrogens (tertiary/aromatic N) is 1. The van der Waals surface area contributed by atoms with Crippen molar-refractivity contribution in [3.8, 4) is 0 Å². The number of hydrogen-bond donors (Lipinski definition) is 2. The monoisotopic (exact) mass is 226 g/mol. The maximum atomic E-state index is 8.63. The Hall–Kier alpha value is -0.870. The molecule has 0 unspecified atom stereocenters. The molecule has 3 nitrogen and oxygen atoms in total. The number of aliphatic hydroxyl groups is 1. The molecule has 0 radical (unpaired) electrons. The molecule has 0 amide bonds. The molecule has 1 heterocycles. The van der Waals surface area contributed by atoms with Crippen LogP contribution in [-0.2, 0) is 6.54 Å². The second kappa shape index (κ2) is 6.58. The summed E-state index contributed by atoms with van der Waals surface area (Å²) in [4.78, 5) is 0.454. The second-order valence-corrected chi connectivity index (χ2v) is 4.03. The van der Waals surface area contributed by atoms with E-state index in [0.29, 0.717) is 11.6 Å². The van der Waals surface area contributed by atoms with Gasteiger partial charge in [0, 0.05) is 19.3 Å². The summed E-state index contributed by atoms with van der Waals surface area (Å²) in [6.07, 6.45) is 6.22. The van der Waals surface area contributed by atoms with Crippen molar-refractivity contribution in [3.63, 3.8) is 0 Å². The van der Waals surface area contributed by atoms with Crippen LogP contribution >= 0.6 is 12.2 Å². The van der Waals surface area contributed by atoms with Crippen LogP contribution in [0.2, 0.25) is 0 Å². The summed E-state index contributed by atoms with van der Waals surface area (Å²) < 4.78 is 2.08. The highest BCUT2D eigenvalue weighted by Gasteiger charge is 2.02. The van der Waals surface area contributed by atoms with Crippen molar-refractivity contribution in [2.75, 3.05) is 6.61 Å². The molecule has 0 atom stereocenters. The minimum Gasteiger partial charge on any atom is -0.396 e. The molecule has 4 heteroatoms. The molecule has 0 bridgehead atoms. The molecule has 0 spiro atoms. The summed E-state index contributed by atoms with van der Waals surface area (Å²) in [5, 5.41) is 8.63. The Labute approximate surface area is 95.9 Å². The Morgan fingerprint density at radius 1 is 1.33 bits per heavy atom. The second-order valence-electron chi connectivity index (χ2n) is 3.59. The average Bonchev–Trinajstić information content (AvgIpc) is 2.66. The van der Waals surface area contributed by atoms with E-state index in [-0.39, 0.29) is 0 Å². The molecule has 1 rings (SSSR count). The third-order valence-corrected chi connectivity index (χ3v) is 2.60. The van der Waals surface area contributed by atoms with Gasteiger partial charge >= 0.3 is 0 Å². The van der Waals surface area contributed by atoms with Gasteiger partial charge < -0.3 is 15.4 Å². The van der Waals surface area contributed by atoms with Crippen LogP contribution in [0.4, 0.5) is 0 Å². The Balaban J connectivity index is 2.31. The summed E-state index contributed by atoms with van der Waals surface area (Å²) in [6, 6.07) is 3.90. The molecule has 1 aromatic heterocycles. The Morgan fingerprint density at radius 3 is 2.73 bits per heavy atom. The van der Waals surface area contributed by atoms with E-state index in [2.05, 4.69) is 4.57 Å². The quantitative estimate of drug-likeness (QED) is 0.549. The SMILES string of the molecule is NC(=S)c1cccn1CCCCCCO. The molecule has 0 saturated heterocycles. The lowest BCUT2D eigenvalue weighted by molar-refractivity contribution is 0.282. The number of aromatic nitrogens is 1. The van der Waals surface area contributed by atoms with E-state index in [1.807, 2.05) is 18.3 Å². The van der Waals surface area contributed by atoms with Gasteiger partial charge in [-0.25, -0.2) is 0 Å². The fourth-order valence-corrected chi connectivity index (χ4v) is 1.77. The van der Waals surface area contributed by atoms with Crippen molar-refractivity contribution in [1.82, 2.24) is 4.57 Å². The largest absolute Gasteiger partial charge is 0.396 e. The van der Waals surface area contributed by atoms with Gasteiger partial charge in [-0.1, -0.05) is 25.1 Å². The van der Waals surface area contributed by atoms with Gasteiger partial charge in [-0.05, 0) is 25.0 Å². The van der Waals surface area contributed by atoms with Gasteiger partial charge in [-0.15, -0.1) is 0 Å². The van der Waals surface area contributed by atoms with Crippen LogP contribution < -0.4 is 5.73 Å². The minimum atomic E-state index is 0.293. The van der Waals surface area contributed by atoms with E-state index in [1.54, 1.807) is 0 Å². The zero-order valence-electron chi connectivity index (χ0n) is 8.85. The highest BCUT2D eigenvalue weighted by molar-refractivity contribution is 7.80. The van der Waals surface area contributed by atoms with Crippen LogP contribution in [0.3, 0.4) is 0 Å². The number of aliphatic hydroxyl groups excluding tert-OH is 1. The number of aryl methyl sites for hydroxylation is 1. The third kappa shape index (κ3) is 4.01. The molecule has 0 aromatic carbocycles. The minimum absolute atomic E-state index is 0.293. The first-order valence-corrected chi connectivity index (χ1v) is 5.72. The van der Waals surface area contributed by atoms with Gasteiger partial charge in [0.2, 0.25) is 0 Å². The summed E-state index contributed by atoms with van der Waals surface area (Å²) >= 11 is 4.95. The van der Waals surface area contributed by atoms with Gasteiger partial charge in [0.05, 0.1) is 5.69 Å². The highest BCUT2D eigenvalue weighted by atomic mass is 32.1. The van der Waals surface area contributed by atoms with Crippen LogP contribution in [0.25, 0.3) is 0 Å². The van der Waals surface area contributed by atoms with E-state index in [0.717, 1.165) is 37.9 Å². The smallest absolute Gasteiger partial charge is 0.120 e. The zero-order valence-corrected chi connectivity index (χ0v) is 9.67. The molecule has 0 aliphatic carbocycles. The lowest BCUT2D eigenvalue weighted by Gasteiger charge is -2.07. The van der Waals surface area contributed by atoms with Gasteiger partial charge in [0.1, 0.15) is 4.99 Å². The summed E-state index contributed by atoms with van der Waals surface area (Å²) in [5.74, 6) is 0. The van der Waals surface area contributed by atoms with Gasteiger partial charge in [0.15, 0.2) is 0 Å². The normalized spacial score (nSPS) is 10.5. The number of rotatable bonds is 7. The van der Waals surface area contributed by atoms with Gasteiger partial charge in [0.25, 0.3) is 0 Å². The highest BCUT2D eigenvalue weighted by Crippen LogP contribution is 2.06. The fourth-order valence-electron chi connectivity index (χ4n) is 1.58. The summed E-state index contributed by atoms with van der Waals surface area (Å²) in [5.41, 5.74) is 6.53. The number of hydrogen-bond acceptors (Lipinski definition) is 2. The Kier molecular flexibility index (Phi) is 5.36. The molecule has 15 heavy (non-hydrogen) atoms. The summed E-state index contributed by atoms with van der Waals surface area (Å²) in [7, 11) is 0. The van der Waals surface area contributed by atoms with E-state index in [1.165, 1.54) is 0 Å². The molecular formula is C11H18N2OS. The van der Waals surface area contributed by atoms with Crippen LogP contribution in [0, 0.1) is 0 Å². The van der Waals surface area contributed by atoms with Crippen LogP contribution in [0.5, 0.6) is 0 Å². The fraction of sp³-hybridized carbons (Fsp3) is 0.545. The third-order valence-electron chi connectivity index (χ3n) is 2.39. The van der Waals surface area contributed by atoms with Crippen LogP contribution in [0.1, 0.15) is 31.4 Å². The first-order valence-electron chi connectivity index (χ1n) is 5.31. The van der Waals surface area contributed by atoms with E-state index in [4.69, 9.17) is 23.1 Å². The Morgan fingerprint density at radius 2 is 2.07 bits per heavy atom. The summed E-state index contributed by atoms with van der Waals surface area (Å²) in [6.45, 7) is 1.24. The molecule has 1 aromatic rings. The van der Waals surface area contributed by atoms with Crippen LogP contribution in [0.15, 0.2) is 18.3 Å². The predicted octanol–water partition coefficient (Wildman–Crippen LogP) is 1.68. The Bertz CT molecular complexity index is 309. The molecule has 0 fully saturated rings. The zero-order chi connectivity index (χ0) is 11.1. The number of unbranched alkanes of at least 4 members (excludes halogenated alkanes) is 3. The van der Waals surface area contributed by atoms with Crippen molar-refractivity contribution in [2.24, 2.45) is 5.73 Å². The van der Waals surface area contributed by atoms with Crippen molar-refractivity contribution in [3.05, 3.63) is 24.0 Å². The first kappa shape index (κ1) is 12.2. The number of nitrogens with two attached hydrogens (primary N) is 1. The maximum Gasteiger partial charge on any atom is 0.120 e. The molecule has 0 aliphatic rings. The van der Waals surface area contributed by atoms with E-state index < -0.39 is 0 Å². The molecule has 3 N–H and O–H groups in total. The molecule has 84 valence electrons. The van der Waals surface area contributed by atoms with E-state index in [9.17, 15) is 0 Å². The van der Waals surface area contributed by atoms with Gasteiger partial charge in [-0.2, -0.15) is 0 Å². The average molecular weight is 226 g/mol. The first-order chi connectivity index (χ1) is 7.25. The number of thiocarbonyl (C=S) groups is 1. The lowest BCUT2D eigenvalue weighted by atomic mass is 10.2. The van der Waals surface area contributed by atoms with Crippen molar-refractivity contribution < 1.29 is 5.11 Å². The van der Waals surface area contributed by atoms with Crippen molar-refractivity contribution in [2.45, 2.75) is 32.2 Å². The standard InChI is InChI=1S/C11H18N2OS/c12-11(15)10-6-5-8-13(10)7-3-1-2-4-9-14/h5-6,8,14H,1-4,7,9H2,(H2,12,15). The topological polar surface area (TPSA) is 51.2 Å². The lowest BCUT2D eigenvalue weighted by Crippen LogP contribution is -2.15. The van der Waals surface area contributed by atoms with Crippen molar-refractivity contribution in [1.29, 1.82) is 0 Å². The molecule has 0 saturated carbocycles. The van der Waals surface area contributed by atoms with Gasteiger partial charge in [-0.3, -0.25) is 0 Å². The molecule has 0 aliphatic heterocycles. The van der Waals surface area contributed by atoms with E-state index >= 15 is 0 Å². The maximum absolute atomic E-state index is 8.63. The molecular weight excluding hydrogens is 208 g/mol. The predicted molar refractivity (Wildman–Crippen MR) is 65.9 cm³/mol. The van der Waals surface area contributed by atoms with Crippen molar-refractivity contribution >= 4 is 17.2 Å². The van der Waals surface area contributed by atoms with Crippen LogP contribution in [-0.4, -0.2) is 21.3 Å².